The average Bonchev–Trinajstić information content (AvgIpc) is 2.67. The third-order valence-corrected chi connectivity index (χ3v) is 4.25. The Balaban J connectivity index is 1.40. The third kappa shape index (κ3) is 5.61. The number of aliphatic hydroxyl groups excluding tert-OH is 1. The molecule has 142 valence electrons. The Kier molecular flexibility index (Phi) is 6.53. The Bertz CT molecular complexity index is 772. The molecule has 27 heavy (non-hydrogen) atoms. The molecule has 6 nitrogen and oxygen atoms in total. The zero-order chi connectivity index (χ0) is 19.1. The molecule has 2 atom stereocenters. The highest BCUT2D eigenvalue weighted by atomic mass is 16.6. The van der Waals surface area contributed by atoms with Gasteiger partial charge in [-0.15, -0.1) is 0 Å². The number of fused-ring (bicyclic) bond motifs is 1. The fraction of sp³-hybridized carbons (Fsp3) is 0.381. The van der Waals surface area contributed by atoms with E-state index in [1.165, 1.54) is 0 Å². The first-order chi connectivity index (χ1) is 13.1. The van der Waals surface area contributed by atoms with Gasteiger partial charge >= 0.3 is 0 Å². The number of benzene rings is 2. The van der Waals surface area contributed by atoms with Crippen LogP contribution in [0.3, 0.4) is 0 Å². The van der Waals surface area contributed by atoms with E-state index in [0.29, 0.717) is 31.9 Å². The van der Waals surface area contributed by atoms with Crippen LogP contribution in [-0.2, 0) is 6.42 Å². The van der Waals surface area contributed by atoms with Crippen LogP contribution in [0.4, 0.5) is 0 Å². The van der Waals surface area contributed by atoms with Gasteiger partial charge in [-0.2, -0.15) is 5.26 Å². The molecule has 1 heterocycles. The van der Waals surface area contributed by atoms with Crippen LogP contribution in [0, 0.1) is 11.3 Å². The Morgan fingerprint density at radius 1 is 1.22 bits per heavy atom. The van der Waals surface area contributed by atoms with Gasteiger partial charge in [0.25, 0.3) is 0 Å². The highest BCUT2D eigenvalue weighted by molar-refractivity contribution is 5.40. The van der Waals surface area contributed by atoms with E-state index < -0.39 is 6.10 Å². The minimum atomic E-state index is -0.620. The van der Waals surface area contributed by atoms with E-state index in [1.807, 2.05) is 60.5 Å². The number of nitrogens with zero attached hydrogens (tertiary/aromatic N) is 2. The molecule has 0 amide bonds. The van der Waals surface area contributed by atoms with Crippen molar-refractivity contribution in [1.29, 1.82) is 5.26 Å². The van der Waals surface area contributed by atoms with Crippen molar-refractivity contribution in [3.05, 3.63) is 54.1 Å². The first kappa shape index (κ1) is 19.0. The highest BCUT2D eigenvalue weighted by Crippen LogP contribution is 2.30. The van der Waals surface area contributed by atoms with Gasteiger partial charge in [-0.25, -0.2) is 0 Å². The van der Waals surface area contributed by atoms with Gasteiger partial charge in [0.2, 0.25) is 0 Å². The summed E-state index contributed by atoms with van der Waals surface area (Å²) in [6.07, 6.45) is -0.318. The summed E-state index contributed by atoms with van der Waals surface area (Å²) < 4.78 is 17.3. The van der Waals surface area contributed by atoms with Gasteiger partial charge in [-0.1, -0.05) is 24.3 Å². The van der Waals surface area contributed by atoms with E-state index >= 15 is 0 Å². The van der Waals surface area contributed by atoms with E-state index in [2.05, 4.69) is 6.07 Å². The molecule has 2 aromatic carbocycles. The lowest BCUT2D eigenvalue weighted by molar-refractivity contribution is 0.0374. The van der Waals surface area contributed by atoms with Crippen LogP contribution < -0.4 is 14.2 Å². The maximum absolute atomic E-state index is 10.2. The molecule has 1 N–H and O–H groups in total. The van der Waals surface area contributed by atoms with Crippen LogP contribution in [0.25, 0.3) is 0 Å². The third-order valence-electron chi connectivity index (χ3n) is 4.25. The Morgan fingerprint density at radius 3 is 2.70 bits per heavy atom. The van der Waals surface area contributed by atoms with Gasteiger partial charge in [0.1, 0.15) is 31.2 Å². The molecule has 2 unspecified atom stereocenters. The maximum Gasteiger partial charge on any atom is 0.161 e. The minimum Gasteiger partial charge on any atom is -0.491 e. The molecular weight excluding hydrogens is 344 g/mol. The van der Waals surface area contributed by atoms with Crippen LogP contribution in [0.1, 0.15) is 5.56 Å². The number of ether oxygens (including phenoxy) is 3. The zero-order valence-corrected chi connectivity index (χ0v) is 15.4. The number of likely N-dealkylation sites (N-methyl/N-ethyl adjacent to an activating group) is 1. The first-order valence-electron chi connectivity index (χ1n) is 8.98. The molecule has 0 saturated carbocycles. The Hall–Kier alpha value is -2.75. The minimum absolute atomic E-state index is 0.0781. The molecular formula is C21H24N2O4. The quantitative estimate of drug-likeness (QED) is 0.770. The molecule has 1 aliphatic heterocycles. The summed E-state index contributed by atoms with van der Waals surface area (Å²) in [6, 6.07) is 17.1. The normalized spacial score (nSPS) is 16.6. The second-order valence-corrected chi connectivity index (χ2v) is 6.66. The SMILES string of the molecule is CN(CC(O)COc1ccc(CC#N)cc1)CC1COc2ccccc2O1. The Morgan fingerprint density at radius 2 is 1.96 bits per heavy atom. The molecule has 0 saturated heterocycles. The summed E-state index contributed by atoms with van der Waals surface area (Å²) in [7, 11) is 1.93. The number of para-hydroxylation sites is 2. The molecule has 3 rings (SSSR count). The van der Waals surface area contributed by atoms with Crippen molar-refractivity contribution in [3.63, 3.8) is 0 Å². The summed E-state index contributed by atoms with van der Waals surface area (Å²) >= 11 is 0. The van der Waals surface area contributed by atoms with Crippen LogP contribution in [-0.4, -0.2) is 55.6 Å². The topological polar surface area (TPSA) is 75.0 Å². The first-order valence-corrected chi connectivity index (χ1v) is 8.98. The van der Waals surface area contributed by atoms with E-state index in [1.54, 1.807) is 0 Å². The second-order valence-electron chi connectivity index (χ2n) is 6.66. The average molecular weight is 368 g/mol. The molecule has 0 aromatic heterocycles. The van der Waals surface area contributed by atoms with Crippen molar-refractivity contribution in [2.75, 3.05) is 33.4 Å². The fourth-order valence-corrected chi connectivity index (χ4v) is 2.97. The molecule has 0 aliphatic carbocycles. The highest BCUT2D eigenvalue weighted by Gasteiger charge is 2.22. The van der Waals surface area contributed by atoms with Crippen LogP contribution >= 0.6 is 0 Å². The Labute approximate surface area is 159 Å². The van der Waals surface area contributed by atoms with Crippen LogP contribution in [0.5, 0.6) is 17.2 Å². The van der Waals surface area contributed by atoms with Gasteiger partial charge in [-0.05, 0) is 36.9 Å². The molecule has 0 bridgehead atoms. The van der Waals surface area contributed by atoms with Crippen LogP contribution in [0.2, 0.25) is 0 Å². The predicted molar refractivity (Wildman–Crippen MR) is 101 cm³/mol. The van der Waals surface area contributed by atoms with E-state index in [0.717, 1.165) is 17.1 Å². The van der Waals surface area contributed by atoms with Crippen molar-refractivity contribution in [2.45, 2.75) is 18.6 Å². The van der Waals surface area contributed by atoms with Crippen molar-refractivity contribution >= 4 is 0 Å². The summed E-state index contributed by atoms with van der Waals surface area (Å²) in [5.74, 6) is 2.20. The van der Waals surface area contributed by atoms with Crippen molar-refractivity contribution in [3.8, 4) is 23.3 Å². The monoisotopic (exact) mass is 368 g/mol. The van der Waals surface area contributed by atoms with E-state index in [9.17, 15) is 5.11 Å². The second kappa shape index (κ2) is 9.26. The summed E-state index contributed by atoms with van der Waals surface area (Å²) in [4.78, 5) is 2.01. The summed E-state index contributed by atoms with van der Waals surface area (Å²) in [5.41, 5.74) is 0.946. The maximum atomic E-state index is 10.2. The van der Waals surface area contributed by atoms with Crippen molar-refractivity contribution in [1.82, 2.24) is 4.90 Å². The lowest BCUT2D eigenvalue weighted by Gasteiger charge is -2.30. The molecule has 0 fully saturated rings. The van der Waals surface area contributed by atoms with Crippen molar-refractivity contribution in [2.24, 2.45) is 0 Å². The standard InChI is InChI=1S/C21H24N2O4/c1-23(13-19-15-26-20-4-2-3-5-21(20)27-19)12-17(24)14-25-18-8-6-16(7-9-18)10-11-22/h2-9,17,19,24H,10,12-15H2,1H3. The fourth-order valence-electron chi connectivity index (χ4n) is 2.97. The van der Waals surface area contributed by atoms with Crippen molar-refractivity contribution < 1.29 is 19.3 Å². The van der Waals surface area contributed by atoms with Gasteiger partial charge in [-0.3, -0.25) is 4.90 Å². The largest absolute Gasteiger partial charge is 0.491 e. The molecule has 0 spiro atoms. The number of hydrogen-bond donors (Lipinski definition) is 1. The van der Waals surface area contributed by atoms with E-state index in [4.69, 9.17) is 19.5 Å². The summed E-state index contributed by atoms with van der Waals surface area (Å²) in [6.45, 7) is 1.80. The van der Waals surface area contributed by atoms with Gasteiger partial charge in [0, 0.05) is 13.1 Å². The lowest BCUT2D eigenvalue weighted by Crippen LogP contribution is -2.42. The summed E-state index contributed by atoms with van der Waals surface area (Å²) in [5, 5.41) is 18.9. The van der Waals surface area contributed by atoms with Gasteiger partial charge < -0.3 is 19.3 Å². The number of hydrogen-bond acceptors (Lipinski definition) is 6. The molecule has 1 aliphatic rings. The predicted octanol–water partition coefficient (Wildman–Crippen LogP) is 2.26. The van der Waals surface area contributed by atoms with Crippen LogP contribution in [0.15, 0.2) is 48.5 Å². The zero-order valence-electron chi connectivity index (χ0n) is 15.4. The lowest BCUT2D eigenvalue weighted by atomic mass is 10.2. The number of aliphatic hydroxyl groups is 1. The van der Waals surface area contributed by atoms with Gasteiger partial charge in [0.05, 0.1) is 12.5 Å². The molecule has 6 heteroatoms. The smallest absolute Gasteiger partial charge is 0.161 e. The molecule has 0 radical (unpaired) electrons. The molecule has 2 aromatic rings. The van der Waals surface area contributed by atoms with E-state index in [-0.39, 0.29) is 12.7 Å². The number of rotatable bonds is 8. The number of nitriles is 1. The van der Waals surface area contributed by atoms with Gasteiger partial charge in [0.15, 0.2) is 11.5 Å².